The number of rotatable bonds is 5. The van der Waals surface area contributed by atoms with Gasteiger partial charge in [0, 0.05) is 24.3 Å². The van der Waals surface area contributed by atoms with Gasteiger partial charge in [-0.2, -0.15) is 13.2 Å². The molecule has 1 aromatic heterocycles. The summed E-state index contributed by atoms with van der Waals surface area (Å²) in [5.41, 5.74) is -5.77. The molecule has 0 atom stereocenters. The number of imide groups is 1. The van der Waals surface area contributed by atoms with Crippen molar-refractivity contribution in [1.29, 1.82) is 0 Å². The second-order valence-electron chi connectivity index (χ2n) is 6.85. The molecule has 0 radical (unpaired) electrons. The van der Waals surface area contributed by atoms with Gasteiger partial charge in [-0.25, -0.2) is 18.0 Å². The summed E-state index contributed by atoms with van der Waals surface area (Å²) in [6.45, 7) is -0.465. The molecule has 12 heteroatoms. The lowest BCUT2D eigenvalue weighted by atomic mass is 10.1. The molecule has 0 N–H and O–H groups in total. The van der Waals surface area contributed by atoms with Crippen LogP contribution in [0.1, 0.15) is 15.9 Å². The third-order valence-corrected chi connectivity index (χ3v) is 5.24. The molecule has 3 aromatic rings. The van der Waals surface area contributed by atoms with Gasteiger partial charge in [0.05, 0.1) is 12.2 Å². The molecule has 0 aliphatic rings. The van der Waals surface area contributed by atoms with Gasteiger partial charge in [0.15, 0.2) is 0 Å². The van der Waals surface area contributed by atoms with Crippen molar-refractivity contribution in [3.63, 3.8) is 0 Å². The number of anilines is 1. The van der Waals surface area contributed by atoms with Crippen LogP contribution in [0.4, 0.5) is 36.8 Å². The van der Waals surface area contributed by atoms with E-state index in [4.69, 9.17) is 0 Å². The smallest absolute Gasteiger partial charge is 0.294 e. The Kier molecular flexibility index (Phi) is 7.50. The van der Waals surface area contributed by atoms with Gasteiger partial charge in [0.2, 0.25) is 0 Å². The fourth-order valence-corrected chi connectivity index (χ4v) is 3.54. The number of carbonyl (C=O) groups excluding carboxylic acids is 2. The predicted molar refractivity (Wildman–Crippen MR) is 113 cm³/mol. The summed E-state index contributed by atoms with van der Waals surface area (Å²) in [6.07, 6.45) is 2.74. The number of nitrogens with zero attached hydrogens (tertiary/aromatic N) is 3. The van der Waals surface area contributed by atoms with Crippen molar-refractivity contribution in [2.45, 2.75) is 16.9 Å². The van der Waals surface area contributed by atoms with Crippen molar-refractivity contribution >= 4 is 29.4 Å². The van der Waals surface area contributed by atoms with Gasteiger partial charge in [-0.05, 0) is 53.7 Å². The number of aromatic nitrogens is 1. The molecular weight excluding hydrogens is 484 g/mol. The lowest BCUT2D eigenvalue weighted by Gasteiger charge is -2.27. The number of benzene rings is 2. The van der Waals surface area contributed by atoms with Gasteiger partial charge in [0.25, 0.3) is 5.91 Å². The van der Waals surface area contributed by atoms with E-state index in [2.05, 4.69) is 4.98 Å². The Hall–Kier alpha value is -3.54. The van der Waals surface area contributed by atoms with E-state index in [1.54, 1.807) is 0 Å². The summed E-state index contributed by atoms with van der Waals surface area (Å²) in [5, 5.41) is 0. The molecule has 0 unspecified atom stereocenters. The van der Waals surface area contributed by atoms with Crippen molar-refractivity contribution < 1.29 is 35.9 Å². The third-order valence-electron chi connectivity index (χ3n) is 4.52. The first-order valence-corrected chi connectivity index (χ1v) is 10.3. The highest BCUT2D eigenvalue weighted by Gasteiger charge is 2.32. The molecule has 34 heavy (non-hydrogen) atoms. The number of urea groups is 1. The van der Waals surface area contributed by atoms with Crippen LogP contribution in [0.15, 0.2) is 65.8 Å². The molecule has 0 saturated carbocycles. The van der Waals surface area contributed by atoms with Crippen LogP contribution in [0.25, 0.3) is 0 Å². The summed E-state index contributed by atoms with van der Waals surface area (Å²) in [7, 11) is 1.07. The zero-order valence-corrected chi connectivity index (χ0v) is 18.1. The van der Waals surface area contributed by atoms with Crippen LogP contribution >= 0.6 is 11.8 Å². The standard InChI is InChI=1S/C22H15F6N3O2S/c1-30(18-8-7-14(10-17(18)25)34-22(26,27)28)21(33)31(12-13-4-3-9-29-11-13)20(32)19-15(23)5-2-6-16(19)24/h2-11H,12H2,1H3. The number of carbonyl (C=O) groups is 2. The molecule has 0 bridgehead atoms. The second kappa shape index (κ2) is 10.2. The molecule has 0 saturated heterocycles. The number of amides is 3. The molecular formula is C22H15F6N3O2S. The molecule has 3 amide bonds. The predicted octanol–water partition coefficient (Wildman–Crippen LogP) is 6.01. The van der Waals surface area contributed by atoms with E-state index in [0.717, 1.165) is 37.4 Å². The molecule has 0 fully saturated rings. The largest absolute Gasteiger partial charge is 0.446 e. The molecule has 1 heterocycles. The Morgan fingerprint density at radius 2 is 1.65 bits per heavy atom. The van der Waals surface area contributed by atoms with Crippen LogP contribution in [0.5, 0.6) is 0 Å². The molecule has 2 aromatic carbocycles. The number of halogens is 6. The lowest BCUT2D eigenvalue weighted by molar-refractivity contribution is -0.0328. The monoisotopic (exact) mass is 499 g/mol. The number of alkyl halides is 3. The summed E-state index contributed by atoms with van der Waals surface area (Å²) in [6, 6.07) is 7.01. The first-order valence-electron chi connectivity index (χ1n) is 9.45. The van der Waals surface area contributed by atoms with Crippen LogP contribution in [-0.2, 0) is 6.54 Å². The quantitative estimate of drug-likeness (QED) is 0.319. The number of pyridine rings is 1. The number of thioether (sulfide) groups is 1. The second-order valence-corrected chi connectivity index (χ2v) is 7.99. The first-order chi connectivity index (χ1) is 16.0. The van der Waals surface area contributed by atoms with Gasteiger partial charge in [0.1, 0.15) is 23.0 Å². The highest BCUT2D eigenvalue weighted by Crippen LogP contribution is 2.38. The molecule has 0 aliphatic carbocycles. The van der Waals surface area contributed by atoms with Crippen molar-refractivity contribution in [1.82, 2.24) is 9.88 Å². The molecule has 0 spiro atoms. The van der Waals surface area contributed by atoms with Gasteiger partial charge < -0.3 is 0 Å². The van der Waals surface area contributed by atoms with Crippen molar-refractivity contribution in [3.8, 4) is 0 Å². The minimum Gasteiger partial charge on any atom is -0.294 e. The molecule has 3 rings (SSSR count). The molecule has 178 valence electrons. The van der Waals surface area contributed by atoms with E-state index >= 15 is 0 Å². The van der Waals surface area contributed by atoms with E-state index in [0.29, 0.717) is 21.4 Å². The topological polar surface area (TPSA) is 53.5 Å². The van der Waals surface area contributed by atoms with E-state index in [-0.39, 0.29) is 0 Å². The lowest BCUT2D eigenvalue weighted by Crippen LogP contribution is -2.45. The van der Waals surface area contributed by atoms with Gasteiger partial charge in [-0.1, -0.05) is 12.1 Å². The Morgan fingerprint density at radius 1 is 0.971 bits per heavy atom. The fraction of sp³-hybridized carbons (Fsp3) is 0.136. The average Bonchev–Trinajstić information content (AvgIpc) is 2.76. The van der Waals surface area contributed by atoms with E-state index in [1.807, 2.05) is 0 Å². The van der Waals surface area contributed by atoms with Crippen molar-refractivity contribution in [3.05, 3.63) is 89.5 Å². The fourth-order valence-electron chi connectivity index (χ4n) is 2.98. The van der Waals surface area contributed by atoms with Gasteiger partial charge in [-0.15, -0.1) is 0 Å². The van der Waals surface area contributed by atoms with Gasteiger partial charge in [-0.3, -0.25) is 19.6 Å². The van der Waals surface area contributed by atoms with Gasteiger partial charge >= 0.3 is 11.5 Å². The summed E-state index contributed by atoms with van der Waals surface area (Å²) < 4.78 is 80.7. The molecule has 5 nitrogen and oxygen atoms in total. The van der Waals surface area contributed by atoms with Crippen LogP contribution in [0, 0.1) is 17.5 Å². The highest BCUT2D eigenvalue weighted by atomic mass is 32.2. The molecule has 0 aliphatic heterocycles. The Labute approximate surface area is 194 Å². The first kappa shape index (κ1) is 25.1. The Balaban J connectivity index is 1.97. The zero-order chi connectivity index (χ0) is 25.0. The maximum atomic E-state index is 14.6. The maximum Gasteiger partial charge on any atom is 0.446 e. The van der Waals surface area contributed by atoms with Crippen LogP contribution in [0.2, 0.25) is 0 Å². The normalized spacial score (nSPS) is 11.3. The van der Waals surface area contributed by atoms with Crippen LogP contribution in [-0.4, -0.2) is 34.4 Å². The maximum absolute atomic E-state index is 14.6. The van der Waals surface area contributed by atoms with Crippen LogP contribution in [0.3, 0.4) is 0 Å². The Bertz CT molecular complexity index is 1190. The highest BCUT2D eigenvalue weighted by molar-refractivity contribution is 8.00. The number of hydrogen-bond acceptors (Lipinski definition) is 4. The number of hydrogen-bond donors (Lipinski definition) is 0. The van der Waals surface area contributed by atoms with Crippen LogP contribution < -0.4 is 4.90 Å². The van der Waals surface area contributed by atoms with Crippen molar-refractivity contribution in [2.24, 2.45) is 0 Å². The van der Waals surface area contributed by atoms with E-state index < -0.39 is 69.4 Å². The average molecular weight is 499 g/mol. The minimum absolute atomic E-state index is 0.326. The zero-order valence-electron chi connectivity index (χ0n) is 17.3. The van der Waals surface area contributed by atoms with E-state index in [9.17, 15) is 35.9 Å². The third kappa shape index (κ3) is 5.87. The van der Waals surface area contributed by atoms with Crippen molar-refractivity contribution in [2.75, 3.05) is 11.9 Å². The SMILES string of the molecule is CN(C(=O)N(Cc1cccnc1)C(=O)c1c(F)cccc1F)c1ccc(SC(F)(F)F)cc1F. The van der Waals surface area contributed by atoms with E-state index in [1.165, 1.54) is 24.5 Å². The summed E-state index contributed by atoms with van der Waals surface area (Å²) >= 11 is -0.541. The Morgan fingerprint density at radius 3 is 2.21 bits per heavy atom. The minimum atomic E-state index is -4.65. The summed E-state index contributed by atoms with van der Waals surface area (Å²) in [5.74, 6) is -4.93. The summed E-state index contributed by atoms with van der Waals surface area (Å²) in [4.78, 5) is 30.7.